The summed E-state index contributed by atoms with van der Waals surface area (Å²) in [7, 11) is 0. The molecule has 0 bridgehead atoms. The maximum Gasteiger partial charge on any atom is 0.226 e. The van der Waals surface area contributed by atoms with E-state index in [-0.39, 0.29) is 6.04 Å². The van der Waals surface area contributed by atoms with E-state index in [1.165, 1.54) is 89.9 Å². The number of nitroso groups, excluding NO2 is 1. The van der Waals surface area contributed by atoms with Crippen LogP contribution in [0.25, 0.3) is 0 Å². The summed E-state index contributed by atoms with van der Waals surface area (Å²) >= 11 is 0. The van der Waals surface area contributed by atoms with Gasteiger partial charge in [0.1, 0.15) is 0 Å². The van der Waals surface area contributed by atoms with Gasteiger partial charge in [-0.2, -0.15) is 0 Å². The molecule has 1 aliphatic rings. The molecular formula is C21H38NO+. The molecule has 0 aromatic heterocycles. The Balaban J connectivity index is 1.76. The average Bonchev–Trinajstić information content (AvgIpc) is 2.57. The molecule has 1 unspecified atom stereocenters. The molecule has 0 N–H and O–H groups in total. The Labute approximate surface area is 144 Å². The smallest absolute Gasteiger partial charge is 0.0654 e. The minimum atomic E-state index is 0.0809. The van der Waals surface area contributed by atoms with Crippen molar-refractivity contribution >= 4 is 0 Å². The van der Waals surface area contributed by atoms with Crippen molar-refractivity contribution in [3.05, 3.63) is 29.3 Å². The van der Waals surface area contributed by atoms with Crippen LogP contribution in [0.2, 0.25) is 0 Å². The van der Waals surface area contributed by atoms with Crippen molar-refractivity contribution in [3.8, 4) is 0 Å². The standard InChI is InChI=1S/C21H38NO/c1-2-3-4-5-6-7-8-9-10-11-12-13-14-15-18-21-19-16-17-20-22(21)23/h16-17,19-21H,2-15,18H2,1H3/q+1. The van der Waals surface area contributed by atoms with Gasteiger partial charge >= 0.3 is 0 Å². The fourth-order valence-electron chi connectivity index (χ4n) is 3.29. The van der Waals surface area contributed by atoms with E-state index in [0.717, 1.165) is 11.2 Å². The third kappa shape index (κ3) is 11.3. The van der Waals surface area contributed by atoms with Crippen molar-refractivity contribution in [1.29, 1.82) is 0 Å². The van der Waals surface area contributed by atoms with Crippen LogP contribution < -0.4 is 0 Å². The summed E-state index contributed by atoms with van der Waals surface area (Å²) < 4.78 is 1.09. The lowest BCUT2D eigenvalue weighted by Crippen LogP contribution is -2.18. The van der Waals surface area contributed by atoms with Crippen LogP contribution in [0.1, 0.15) is 103 Å². The molecule has 1 heterocycles. The quantitative estimate of drug-likeness (QED) is 0.233. The zero-order valence-corrected chi connectivity index (χ0v) is 15.3. The molecule has 1 atom stereocenters. The highest BCUT2D eigenvalue weighted by atomic mass is 16.3. The van der Waals surface area contributed by atoms with Crippen molar-refractivity contribution in [2.45, 2.75) is 109 Å². The second-order valence-corrected chi connectivity index (χ2v) is 7.04. The molecule has 2 heteroatoms. The average molecular weight is 321 g/mol. The van der Waals surface area contributed by atoms with Crippen molar-refractivity contribution in [2.75, 3.05) is 0 Å². The third-order valence-corrected chi connectivity index (χ3v) is 4.86. The number of hydrogen-bond donors (Lipinski definition) is 0. The first-order valence-electron chi connectivity index (χ1n) is 10.1. The van der Waals surface area contributed by atoms with Gasteiger partial charge in [-0.3, -0.25) is 0 Å². The Kier molecular flexibility index (Phi) is 12.8. The summed E-state index contributed by atoms with van der Waals surface area (Å²) in [6.45, 7) is 2.28. The van der Waals surface area contributed by atoms with Gasteiger partial charge in [0.15, 0.2) is 0 Å². The molecule has 1 rings (SSSR count). The molecule has 0 saturated heterocycles. The molecule has 0 amide bonds. The number of rotatable bonds is 15. The van der Waals surface area contributed by atoms with Crippen LogP contribution in [-0.2, 0) is 0 Å². The molecule has 0 radical (unpaired) electrons. The van der Waals surface area contributed by atoms with Crippen LogP contribution >= 0.6 is 0 Å². The Hall–Kier alpha value is -0.920. The lowest BCUT2D eigenvalue weighted by molar-refractivity contribution is -0.510. The Morgan fingerprint density at radius 1 is 0.696 bits per heavy atom. The van der Waals surface area contributed by atoms with Crippen LogP contribution in [0, 0.1) is 4.91 Å². The van der Waals surface area contributed by atoms with Crippen LogP contribution in [0.15, 0.2) is 24.4 Å². The van der Waals surface area contributed by atoms with Gasteiger partial charge in [-0.1, -0.05) is 96.5 Å². The largest absolute Gasteiger partial charge is 0.226 e. The number of unbranched alkanes of at least 4 members (excludes halogenated alkanes) is 13. The Bertz CT molecular complexity index is 346. The normalized spacial score (nSPS) is 17.1. The van der Waals surface area contributed by atoms with Crippen molar-refractivity contribution in [3.63, 3.8) is 0 Å². The van der Waals surface area contributed by atoms with Gasteiger partial charge in [0.25, 0.3) is 0 Å². The first-order chi connectivity index (χ1) is 11.3. The second kappa shape index (κ2) is 14.7. The fourth-order valence-corrected chi connectivity index (χ4v) is 3.29. The topological polar surface area (TPSA) is 20.1 Å². The van der Waals surface area contributed by atoms with Crippen molar-refractivity contribution < 1.29 is 4.76 Å². The molecule has 0 spiro atoms. The lowest BCUT2D eigenvalue weighted by atomic mass is 10.0. The summed E-state index contributed by atoms with van der Waals surface area (Å²) in [5.41, 5.74) is 0. The van der Waals surface area contributed by atoms with E-state index in [2.05, 4.69) is 6.92 Å². The van der Waals surface area contributed by atoms with Crippen molar-refractivity contribution in [1.82, 2.24) is 0 Å². The molecule has 0 fully saturated rings. The number of hydrogen-bond acceptors (Lipinski definition) is 1. The maximum absolute atomic E-state index is 11.5. The predicted molar refractivity (Wildman–Crippen MR) is 101 cm³/mol. The van der Waals surface area contributed by atoms with Crippen LogP contribution in [-0.4, -0.2) is 10.8 Å². The summed E-state index contributed by atoms with van der Waals surface area (Å²) in [4.78, 5) is 11.5. The van der Waals surface area contributed by atoms with E-state index in [4.69, 9.17) is 0 Å². The van der Waals surface area contributed by atoms with Gasteiger partial charge in [0.2, 0.25) is 12.2 Å². The van der Waals surface area contributed by atoms with E-state index >= 15 is 0 Å². The zero-order chi connectivity index (χ0) is 16.6. The molecule has 0 saturated carbocycles. The van der Waals surface area contributed by atoms with Crippen LogP contribution in [0.4, 0.5) is 0 Å². The van der Waals surface area contributed by atoms with Gasteiger partial charge < -0.3 is 0 Å². The minimum absolute atomic E-state index is 0.0809. The SMILES string of the molecule is CCCCCCCCCCCCCCCCC1C=CC=C[N+]1=O. The molecule has 0 aliphatic carbocycles. The van der Waals surface area contributed by atoms with E-state index < -0.39 is 0 Å². The maximum atomic E-state index is 11.5. The number of nitrogens with zero attached hydrogens (tertiary/aromatic N) is 1. The first kappa shape index (κ1) is 20.1. The van der Waals surface area contributed by atoms with E-state index in [1.54, 1.807) is 6.20 Å². The van der Waals surface area contributed by atoms with E-state index in [0.29, 0.717) is 0 Å². The first-order valence-corrected chi connectivity index (χ1v) is 10.1. The monoisotopic (exact) mass is 320 g/mol. The Morgan fingerprint density at radius 2 is 1.17 bits per heavy atom. The lowest BCUT2D eigenvalue weighted by Gasteiger charge is -2.05. The van der Waals surface area contributed by atoms with Gasteiger partial charge in [-0.05, 0) is 12.5 Å². The predicted octanol–water partition coefficient (Wildman–Crippen LogP) is 7.09. The zero-order valence-electron chi connectivity index (χ0n) is 15.3. The molecule has 0 aromatic carbocycles. The second-order valence-electron chi connectivity index (χ2n) is 7.04. The van der Waals surface area contributed by atoms with E-state index in [1.807, 2.05) is 18.2 Å². The summed E-state index contributed by atoms with van der Waals surface area (Å²) in [6.07, 6.45) is 27.8. The molecule has 0 aromatic rings. The highest BCUT2D eigenvalue weighted by Crippen LogP contribution is 2.15. The van der Waals surface area contributed by atoms with Gasteiger partial charge in [0.05, 0.1) is 0 Å². The minimum Gasteiger partial charge on any atom is -0.0654 e. The molecule has 132 valence electrons. The summed E-state index contributed by atoms with van der Waals surface area (Å²) in [5, 5.41) is 0. The van der Waals surface area contributed by atoms with Gasteiger partial charge in [-0.15, -0.1) is 0 Å². The molecule has 1 aliphatic heterocycles. The summed E-state index contributed by atoms with van der Waals surface area (Å²) in [6, 6.07) is 0.0809. The van der Waals surface area contributed by atoms with E-state index in [9.17, 15) is 4.91 Å². The fraction of sp³-hybridized carbons (Fsp3) is 0.810. The number of allylic oxidation sites excluding steroid dienone is 2. The third-order valence-electron chi connectivity index (χ3n) is 4.86. The van der Waals surface area contributed by atoms with Gasteiger partial charge in [0, 0.05) is 22.2 Å². The van der Waals surface area contributed by atoms with Crippen LogP contribution in [0.5, 0.6) is 0 Å². The molecular weight excluding hydrogens is 282 g/mol. The van der Waals surface area contributed by atoms with Gasteiger partial charge in [-0.25, -0.2) is 0 Å². The molecule has 23 heavy (non-hydrogen) atoms. The highest BCUT2D eigenvalue weighted by Gasteiger charge is 2.20. The molecule has 2 nitrogen and oxygen atoms in total. The highest BCUT2D eigenvalue weighted by molar-refractivity contribution is 5.05. The van der Waals surface area contributed by atoms with Crippen LogP contribution in [0.3, 0.4) is 0 Å². The Morgan fingerprint density at radius 3 is 1.65 bits per heavy atom. The summed E-state index contributed by atoms with van der Waals surface area (Å²) in [5.74, 6) is 0. The van der Waals surface area contributed by atoms with Crippen molar-refractivity contribution in [2.24, 2.45) is 0 Å².